The van der Waals surface area contributed by atoms with Crippen LogP contribution >= 0.6 is 0 Å². The largest absolute Gasteiger partial charge is 0.350 e. The Bertz CT molecular complexity index is 926. The van der Waals surface area contributed by atoms with Crippen LogP contribution in [0.25, 0.3) is 0 Å². The molecule has 1 atom stereocenters. The number of sulfonamides is 1. The van der Waals surface area contributed by atoms with Gasteiger partial charge in [-0.3, -0.25) is 9.59 Å². The lowest BCUT2D eigenvalue weighted by Gasteiger charge is -2.23. The van der Waals surface area contributed by atoms with Crippen molar-refractivity contribution in [3.8, 4) is 0 Å². The monoisotopic (exact) mass is 372 g/mol. The molecule has 0 bridgehead atoms. The molecule has 0 spiro atoms. The zero-order chi connectivity index (χ0) is 18.7. The van der Waals surface area contributed by atoms with Gasteiger partial charge >= 0.3 is 0 Å². The zero-order valence-electron chi connectivity index (χ0n) is 14.4. The molecule has 0 aliphatic carbocycles. The van der Waals surface area contributed by atoms with Gasteiger partial charge in [-0.25, -0.2) is 12.7 Å². The van der Waals surface area contributed by atoms with Crippen molar-refractivity contribution in [2.45, 2.75) is 37.2 Å². The van der Waals surface area contributed by atoms with Crippen molar-refractivity contribution >= 4 is 21.8 Å². The first kappa shape index (κ1) is 18.1. The Morgan fingerprint density at radius 2 is 1.88 bits per heavy atom. The summed E-state index contributed by atoms with van der Waals surface area (Å²) in [6.45, 7) is 2.24. The predicted octanol–water partition coefficient (Wildman–Crippen LogP) is 1.99. The third-order valence-corrected chi connectivity index (χ3v) is 6.16. The number of rotatable bonds is 5. The van der Waals surface area contributed by atoms with E-state index in [1.807, 2.05) is 31.2 Å². The van der Waals surface area contributed by atoms with E-state index in [-0.39, 0.29) is 24.3 Å². The summed E-state index contributed by atoms with van der Waals surface area (Å²) < 4.78 is 26.3. The lowest BCUT2D eigenvalue weighted by atomic mass is 10.1. The van der Waals surface area contributed by atoms with Gasteiger partial charge in [0.2, 0.25) is 11.8 Å². The van der Waals surface area contributed by atoms with E-state index in [1.54, 1.807) is 18.2 Å². The van der Waals surface area contributed by atoms with Crippen LogP contribution in [0.1, 0.15) is 24.0 Å². The van der Waals surface area contributed by atoms with Crippen LogP contribution in [0, 0.1) is 6.92 Å². The molecule has 2 aromatic carbocycles. The van der Waals surface area contributed by atoms with E-state index < -0.39 is 27.9 Å². The molecule has 0 saturated carbocycles. The smallest absolute Gasteiger partial charge is 0.267 e. The van der Waals surface area contributed by atoms with Gasteiger partial charge in [0.1, 0.15) is 6.04 Å². The van der Waals surface area contributed by atoms with E-state index >= 15 is 0 Å². The molecule has 1 aliphatic heterocycles. The van der Waals surface area contributed by atoms with Gasteiger partial charge in [-0.05, 0) is 31.0 Å². The fourth-order valence-corrected chi connectivity index (χ4v) is 4.66. The van der Waals surface area contributed by atoms with Crippen LogP contribution in [0.15, 0.2) is 59.5 Å². The maximum atomic E-state index is 12.8. The summed E-state index contributed by atoms with van der Waals surface area (Å²) in [5.41, 5.74) is 1.99. The maximum absolute atomic E-state index is 12.8. The fraction of sp³-hybridized carbons (Fsp3) is 0.263. The van der Waals surface area contributed by atoms with Crippen molar-refractivity contribution in [3.05, 3.63) is 65.7 Å². The average Bonchev–Trinajstić information content (AvgIpc) is 3.03. The van der Waals surface area contributed by atoms with Crippen LogP contribution in [0.4, 0.5) is 0 Å². The van der Waals surface area contributed by atoms with Crippen molar-refractivity contribution in [2.75, 3.05) is 0 Å². The Morgan fingerprint density at radius 1 is 1.15 bits per heavy atom. The number of carbonyl (C=O) groups excluding carboxylic acids is 2. The third-order valence-electron chi connectivity index (χ3n) is 4.31. The number of hydrogen-bond donors (Lipinski definition) is 1. The van der Waals surface area contributed by atoms with Crippen molar-refractivity contribution in [3.63, 3.8) is 0 Å². The first-order valence-corrected chi connectivity index (χ1v) is 9.79. The molecule has 6 nitrogen and oxygen atoms in total. The Labute approximate surface area is 152 Å². The van der Waals surface area contributed by atoms with E-state index in [0.717, 1.165) is 15.4 Å². The van der Waals surface area contributed by atoms with Crippen LogP contribution in [0.3, 0.4) is 0 Å². The van der Waals surface area contributed by atoms with Gasteiger partial charge < -0.3 is 5.32 Å². The summed E-state index contributed by atoms with van der Waals surface area (Å²) in [6.07, 6.45) is 0.221. The lowest BCUT2D eigenvalue weighted by Crippen LogP contribution is -2.47. The van der Waals surface area contributed by atoms with E-state index in [4.69, 9.17) is 0 Å². The summed E-state index contributed by atoms with van der Waals surface area (Å²) in [4.78, 5) is 24.8. The molecule has 0 aromatic heterocycles. The molecule has 136 valence electrons. The summed E-state index contributed by atoms with van der Waals surface area (Å²) in [7, 11) is -4.05. The van der Waals surface area contributed by atoms with E-state index in [0.29, 0.717) is 0 Å². The maximum Gasteiger partial charge on any atom is 0.267 e. The highest BCUT2D eigenvalue weighted by atomic mass is 32.2. The molecule has 3 rings (SSSR count). The van der Waals surface area contributed by atoms with Crippen LogP contribution in [-0.2, 0) is 26.2 Å². The highest BCUT2D eigenvalue weighted by Crippen LogP contribution is 2.27. The van der Waals surface area contributed by atoms with Crippen LogP contribution in [0.2, 0.25) is 0 Å². The number of nitrogens with one attached hydrogen (secondary N) is 1. The van der Waals surface area contributed by atoms with Gasteiger partial charge in [-0.2, -0.15) is 0 Å². The molecule has 2 aromatic rings. The summed E-state index contributed by atoms with van der Waals surface area (Å²) in [5.74, 6) is -1.01. The van der Waals surface area contributed by atoms with Gasteiger partial charge in [0.05, 0.1) is 4.90 Å². The number of benzene rings is 2. The second-order valence-corrected chi connectivity index (χ2v) is 8.08. The quantitative estimate of drug-likeness (QED) is 0.870. The Hall–Kier alpha value is -2.67. The molecule has 0 radical (unpaired) electrons. The highest BCUT2D eigenvalue weighted by Gasteiger charge is 2.44. The van der Waals surface area contributed by atoms with Crippen molar-refractivity contribution in [1.82, 2.24) is 9.62 Å². The molecule has 1 saturated heterocycles. The minimum Gasteiger partial charge on any atom is -0.350 e. The molecule has 7 heteroatoms. The van der Waals surface area contributed by atoms with Crippen LogP contribution in [-0.4, -0.2) is 30.6 Å². The minimum atomic E-state index is -4.05. The second kappa shape index (κ2) is 7.29. The Kier molecular flexibility index (Phi) is 5.08. The average molecular weight is 372 g/mol. The van der Waals surface area contributed by atoms with Crippen molar-refractivity contribution < 1.29 is 18.0 Å². The number of amides is 2. The zero-order valence-corrected chi connectivity index (χ0v) is 15.2. The Balaban J connectivity index is 1.78. The Morgan fingerprint density at radius 3 is 2.58 bits per heavy atom. The number of nitrogens with zero attached hydrogens (tertiary/aromatic N) is 1. The second-order valence-electron chi connectivity index (χ2n) is 6.27. The van der Waals surface area contributed by atoms with Gasteiger partial charge in [0.15, 0.2) is 0 Å². The summed E-state index contributed by atoms with van der Waals surface area (Å²) in [6, 6.07) is 14.3. The third kappa shape index (κ3) is 3.62. The fourth-order valence-electron chi connectivity index (χ4n) is 3.04. The van der Waals surface area contributed by atoms with Gasteiger partial charge in [-0.15, -0.1) is 0 Å². The topological polar surface area (TPSA) is 83.6 Å². The number of aryl methyl sites for hydroxylation is 1. The molecule has 1 aliphatic rings. The first-order chi connectivity index (χ1) is 12.4. The van der Waals surface area contributed by atoms with Gasteiger partial charge in [-0.1, -0.05) is 48.0 Å². The van der Waals surface area contributed by atoms with Crippen LogP contribution < -0.4 is 5.32 Å². The molecule has 26 heavy (non-hydrogen) atoms. The van der Waals surface area contributed by atoms with E-state index in [9.17, 15) is 18.0 Å². The number of carbonyl (C=O) groups is 2. The van der Waals surface area contributed by atoms with Gasteiger partial charge in [0.25, 0.3) is 10.0 Å². The van der Waals surface area contributed by atoms with Crippen molar-refractivity contribution in [1.29, 1.82) is 0 Å². The van der Waals surface area contributed by atoms with Gasteiger partial charge in [0, 0.05) is 13.0 Å². The molecule has 1 N–H and O–H groups in total. The molecular formula is C19H20N2O4S. The highest BCUT2D eigenvalue weighted by molar-refractivity contribution is 7.89. The first-order valence-electron chi connectivity index (χ1n) is 8.35. The standard InChI is InChI=1S/C19H20N2O4S/c1-14-6-5-7-15(12-14)13-20-19(23)17-10-11-18(22)21(17)26(24,25)16-8-3-2-4-9-16/h2-9,12,17H,10-11,13H2,1H3,(H,20,23). The minimum absolute atomic E-state index is 0.00624. The molecule has 1 fully saturated rings. The molecule has 1 heterocycles. The van der Waals surface area contributed by atoms with Crippen molar-refractivity contribution in [2.24, 2.45) is 0 Å². The summed E-state index contributed by atoms with van der Waals surface area (Å²) >= 11 is 0. The molecular weight excluding hydrogens is 352 g/mol. The lowest BCUT2D eigenvalue weighted by molar-refractivity contribution is -0.130. The molecule has 2 amide bonds. The van der Waals surface area contributed by atoms with E-state index in [1.165, 1.54) is 12.1 Å². The number of hydrogen-bond acceptors (Lipinski definition) is 4. The van der Waals surface area contributed by atoms with Crippen LogP contribution in [0.5, 0.6) is 0 Å². The van der Waals surface area contributed by atoms with E-state index in [2.05, 4.69) is 5.32 Å². The predicted molar refractivity (Wildman–Crippen MR) is 96.5 cm³/mol. The normalized spacial score (nSPS) is 17.3. The molecule has 1 unspecified atom stereocenters. The SMILES string of the molecule is Cc1cccc(CNC(=O)C2CCC(=O)N2S(=O)(=O)c2ccccc2)c1. The summed E-state index contributed by atoms with van der Waals surface area (Å²) in [5, 5.41) is 2.74.